The molecule has 0 atom stereocenters. The summed E-state index contributed by atoms with van der Waals surface area (Å²) in [5.41, 5.74) is 5.92. The topological polar surface area (TPSA) is 91.3 Å². The Morgan fingerprint density at radius 2 is 1.77 bits per heavy atom. The van der Waals surface area contributed by atoms with Crippen molar-refractivity contribution in [1.82, 2.24) is 10.3 Å². The van der Waals surface area contributed by atoms with Crippen LogP contribution in [0.4, 0.5) is 5.69 Å². The van der Waals surface area contributed by atoms with Crippen LogP contribution in [0.3, 0.4) is 0 Å². The van der Waals surface area contributed by atoms with E-state index in [1.54, 1.807) is 24.3 Å². The number of carbonyl (C=O) groups excluding carboxylic acids is 1. The molecule has 1 heterocycles. The highest BCUT2D eigenvalue weighted by atomic mass is 16.4. The number of benzene rings is 2. The van der Waals surface area contributed by atoms with Crippen LogP contribution in [-0.4, -0.2) is 35.1 Å². The Balaban J connectivity index is 1.38. The minimum Gasteiger partial charge on any atom is -0.478 e. The number of carboxylic acids is 1. The number of carbonyl (C=O) groups is 2. The van der Waals surface area contributed by atoms with E-state index in [4.69, 9.17) is 10.1 Å². The van der Waals surface area contributed by atoms with Crippen molar-refractivity contribution < 1.29 is 14.7 Å². The average Bonchev–Trinajstić information content (AvgIpc) is 2.80. The SMILES string of the molecule is O=C(O)/C=C/c1ccc(C(=O)NCCNc2c3c(nc4ccccc24)CCCC3)cc1. The van der Waals surface area contributed by atoms with Gasteiger partial charge in [-0.05, 0) is 61.1 Å². The summed E-state index contributed by atoms with van der Waals surface area (Å²) in [5.74, 6) is -1.16. The van der Waals surface area contributed by atoms with Gasteiger partial charge in [0.15, 0.2) is 0 Å². The lowest BCUT2D eigenvalue weighted by Crippen LogP contribution is -2.29. The van der Waals surface area contributed by atoms with Crippen molar-refractivity contribution in [3.05, 3.63) is 77.0 Å². The molecule has 0 unspecified atom stereocenters. The molecule has 3 N–H and O–H groups in total. The zero-order chi connectivity index (χ0) is 21.6. The van der Waals surface area contributed by atoms with E-state index in [9.17, 15) is 9.59 Å². The summed E-state index contributed by atoms with van der Waals surface area (Å²) in [5, 5.41) is 16.3. The van der Waals surface area contributed by atoms with E-state index in [2.05, 4.69) is 16.7 Å². The Bertz CT molecular complexity index is 1140. The molecule has 0 spiro atoms. The molecule has 0 fully saturated rings. The molecule has 0 saturated carbocycles. The van der Waals surface area contributed by atoms with Crippen LogP contribution >= 0.6 is 0 Å². The number of nitrogens with one attached hydrogen (secondary N) is 2. The number of rotatable bonds is 7. The number of amides is 1. The van der Waals surface area contributed by atoms with E-state index in [-0.39, 0.29) is 5.91 Å². The minimum atomic E-state index is -1.00. The molecule has 3 aromatic rings. The fourth-order valence-electron chi connectivity index (χ4n) is 3.95. The molecular formula is C25H25N3O3. The van der Waals surface area contributed by atoms with Crippen LogP contribution in [0.1, 0.15) is 40.0 Å². The highest BCUT2D eigenvalue weighted by molar-refractivity contribution is 5.95. The number of hydrogen-bond donors (Lipinski definition) is 3. The standard InChI is InChI=1S/C25H25N3O3/c29-23(30)14-11-17-9-12-18(13-10-17)25(31)27-16-15-26-24-19-5-1-3-7-21(19)28-22-8-4-2-6-20(22)24/h1,3,5,7,9-14H,2,4,6,8,15-16H2,(H,26,28)(H,27,31)(H,29,30)/b14-11+. The van der Waals surface area contributed by atoms with E-state index < -0.39 is 5.97 Å². The third-order valence-corrected chi connectivity index (χ3v) is 5.47. The lowest BCUT2D eigenvalue weighted by molar-refractivity contribution is -0.131. The molecule has 1 aliphatic carbocycles. The number of pyridine rings is 1. The first kappa shape index (κ1) is 20.6. The molecule has 1 aliphatic rings. The molecular weight excluding hydrogens is 390 g/mol. The van der Waals surface area contributed by atoms with E-state index in [1.807, 2.05) is 18.2 Å². The van der Waals surface area contributed by atoms with Gasteiger partial charge in [-0.1, -0.05) is 30.3 Å². The number of fused-ring (bicyclic) bond motifs is 2. The Morgan fingerprint density at radius 3 is 2.58 bits per heavy atom. The molecule has 158 valence electrons. The predicted molar refractivity (Wildman–Crippen MR) is 122 cm³/mol. The van der Waals surface area contributed by atoms with Gasteiger partial charge in [0.25, 0.3) is 5.91 Å². The first-order valence-corrected chi connectivity index (χ1v) is 10.6. The first-order valence-electron chi connectivity index (χ1n) is 10.6. The molecule has 0 radical (unpaired) electrons. The number of aromatic nitrogens is 1. The number of nitrogens with zero attached hydrogens (tertiary/aromatic N) is 1. The molecule has 31 heavy (non-hydrogen) atoms. The molecule has 0 aliphatic heterocycles. The summed E-state index contributed by atoms with van der Waals surface area (Å²) in [6.45, 7) is 1.11. The van der Waals surface area contributed by atoms with Gasteiger partial charge in [0.05, 0.1) is 5.52 Å². The third-order valence-electron chi connectivity index (χ3n) is 5.47. The highest BCUT2D eigenvalue weighted by Gasteiger charge is 2.17. The maximum Gasteiger partial charge on any atom is 0.328 e. The summed E-state index contributed by atoms with van der Waals surface area (Å²) in [7, 11) is 0. The van der Waals surface area contributed by atoms with Crippen LogP contribution in [0.2, 0.25) is 0 Å². The van der Waals surface area contributed by atoms with Crippen molar-refractivity contribution >= 4 is 34.5 Å². The lowest BCUT2D eigenvalue weighted by atomic mass is 9.92. The van der Waals surface area contributed by atoms with E-state index in [1.165, 1.54) is 30.2 Å². The number of para-hydroxylation sites is 1. The quantitative estimate of drug-likeness (QED) is 0.400. The van der Waals surface area contributed by atoms with Gasteiger partial charge in [0, 0.05) is 41.5 Å². The van der Waals surface area contributed by atoms with Gasteiger partial charge in [-0.15, -0.1) is 0 Å². The smallest absolute Gasteiger partial charge is 0.328 e. The van der Waals surface area contributed by atoms with Crippen LogP contribution < -0.4 is 10.6 Å². The zero-order valence-electron chi connectivity index (χ0n) is 17.2. The van der Waals surface area contributed by atoms with Crippen LogP contribution in [0.25, 0.3) is 17.0 Å². The van der Waals surface area contributed by atoms with Gasteiger partial charge >= 0.3 is 5.97 Å². The minimum absolute atomic E-state index is 0.155. The summed E-state index contributed by atoms with van der Waals surface area (Å²) in [4.78, 5) is 27.9. The average molecular weight is 415 g/mol. The van der Waals surface area contributed by atoms with Crippen molar-refractivity contribution in [2.45, 2.75) is 25.7 Å². The summed E-state index contributed by atoms with van der Waals surface area (Å²) >= 11 is 0. The molecule has 6 nitrogen and oxygen atoms in total. The van der Waals surface area contributed by atoms with Crippen molar-refractivity contribution in [2.75, 3.05) is 18.4 Å². The largest absolute Gasteiger partial charge is 0.478 e. The van der Waals surface area contributed by atoms with Crippen molar-refractivity contribution in [1.29, 1.82) is 0 Å². The van der Waals surface area contributed by atoms with Crippen molar-refractivity contribution in [3.63, 3.8) is 0 Å². The molecule has 1 aromatic heterocycles. The molecule has 6 heteroatoms. The maximum absolute atomic E-state index is 12.4. The normalized spacial score (nSPS) is 13.2. The Hall–Kier alpha value is -3.67. The third kappa shape index (κ3) is 4.91. The van der Waals surface area contributed by atoms with E-state index in [0.29, 0.717) is 18.7 Å². The van der Waals surface area contributed by atoms with Crippen molar-refractivity contribution in [3.8, 4) is 0 Å². The molecule has 1 amide bonds. The van der Waals surface area contributed by atoms with Gasteiger partial charge in [0.2, 0.25) is 0 Å². The van der Waals surface area contributed by atoms with E-state index in [0.717, 1.165) is 41.1 Å². The number of aliphatic carboxylic acids is 1. The summed E-state index contributed by atoms with van der Waals surface area (Å²) in [6.07, 6.45) is 6.97. The van der Waals surface area contributed by atoms with Gasteiger partial charge in [0.1, 0.15) is 0 Å². The Kier molecular flexibility index (Phi) is 6.26. The number of hydrogen-bond acceptors (Lipinski definition) is 4. The predicted octanol–water partition coefficient (Wildman–Crippen LogP) is 4.05. The van der Waals surface area contributed by atoms with Gasteiger partial charge in [-0.2, -0.15) is 0 Å². The van der Waals surface area contributed by atoms with Gasteiger partial charge < -0.3 is 15.7 Å². The van der Waals surface area contributed by atoms with E-state index >= 15 is 0 Å². The molecule has 0 saturated heterocycles. The second-order valence-corrected chi connectivity index (χ2v) is 7.61. The fraction of sp³-hybridized carbons (Fsp3) is 0.240. The zero-order valence-corrected chi connectivity index (χ0v) is 17.2. The van der Waals surface area contributed by atoms with Crippen LogP contribution in [-0.2, 0) is 17.6 Å². The van der Waals surface area contributed by atoms with Gasteiger partial charge in [-0.25, -0.2) is 4.79 Å². The second-order valence-electron chi connectivity index (χ2n) is 7.61. The summed E-state index contributed by atoms with van der Waals surface area (Å²) in [6, 6.07) is 15.0. The maximum atomic E-state index is 12.4. The monoisotopic (exact) mass is 415 g/mol. The number of aryl methyl sites for hydroxylation is 1. The number of anilines is 1. The highest BCUT2D eigenvalue weighted by Crippen LogP contribution is 2.33. The van der Waals surface area contributed by atoms with Crippen molar-refractivity contribution in [2.24, 2.45) is 0 Å². The molecule has 4 rings (SSSR count). The molecule has 0 bridgehead atoms. The lowest BCUT2D eigenvalue weighted by Gasteiger charge is -2.21. The van der Waals surface area contributed by atoms with Crippen LogP contribution in [0.15, 0.2) is 54.6 Å². The first-order chi connectivity index (χ1) is 15.1. The Labute approximate surface area is 181 Å². The Morgan fingerprint density at radius 1 is 1.00 bits per heavy atom. The van der Waals surface area contributed by atoms with Crippen LogP contribution in [0, 0.1) is 0 Å². The summed E-state index contributed by atoms with van der Waals surface area (Å²) < 4.78 is 0. The molecule has 2 aromatic carbocycles. The second kappa shape index (κ2) is 9.43. The fourth-order valence-corrected chi connectivity index (χ4v) is 3.95. The van der Waals surface area contributed by atoms with Crippen LogP contribution in [0.5, 0.6) is 0 Å². The van der Waals surface area contributed by atoms with Gasteiger partial charge in [-0.3, -0.25) is 9.78 Å². The number of carboxylic acid groups (broad SMARTS) is 1.